The summed E-state index contributed by atoms with van der Waals surface area (Å²) < 4.78 is 5.26. The molecule has 0 radical (unpaired) electrons. The molecule has 2 aromatic rings. The average molecular weight is 280 g/mol. The van der Waals surface area contributed by atoms with Crippen molar-refractivity contribution in [3.8, 4) is 11.5 Å². The standard InChI is InChI=1S/C13H14ClN3O2/c14-9-5-3-7-15-11(9)12-16-13(19-17-12)8-4-1-2-6-10(8)18/h3,5,7-8,10,18H,1-2,4,6H2. The summed E-state index contributed by atoms with van der Waals surface area (Å²) in [4.78, 5) is 8.48. The van der Waals surface area contributed by atoms with Crippen LogP contribution in [0.25, 0.3) is 11.5 Å². The number of rotatable bonds is 2. The Kier molecular flexibility index (Phi) is 3.48. The van der Waals surface area contributed by atoms with Crippen LogP contribution in [0.4, 0.5) is 0 Å². The van der Waals surface area contributed by atoms with E-state index >= 15 is 0 Å². The van der Waals surface area contributed by atoms with Crippen LogP contribution in [0, 0.1) is 0 Å². The van der Waals surface area contributed by atoms with Gasteiger partial charge in [-0.2, -0.15) is 4.98 Å². The Morgan fingerprint density at radius 3 is 2.95 bits per heavy atom. The number of nitrogens with zero attached hydrogens (tertiary/aromatic N) is 3. The van der Waals surface area contributed by atoms with Crippen molar-refractivity contribution in [1.82, 2.24) is 15.1 Å². The van der Waals surface area contributed by atoms with E-state index in [1.165, 1.54) is 0 Å². The molecule has 1 aliphatic carbocycles. The van der Waals surface area contributed by atoms with Gasteiger partial charge < -0.3 is 9.63 Å². The molecular weight excluding hydrogens is 266 g/mol. The Morgan fingerprint density at radius 2 is 2.16 bits per heavy atom. The number of hydrogen-bond acceptors (Lipinski definition) is 5. The Labute approximate surface area is 115 Å². The molecule has 0 spiro atoms. The summed E-state index contributed by atoms with van der Waals surface area (Å²) in [5.41, 5.74) is 0.504. The first kappa shape index (κ1) is 12.6. The van der Waals surface area contributed by atoms with E-state index in [2.05, 4.69) is 15.1 Å². The summed E-state index contributed by atoms with van der Waals surface area (Å²) in [6.07, 6.45) is 5.01. The highest BCUT2D eigenvalue weighted by Gasteiger charge is 2.29. The van der Waals surface area contributed by atoms with Crippen LogP contribution < -0.4 is 0 Å². The van der Waals surface area contributed by atoms with Gasteiger partial charge in [-0.25, -0.2) is 0 Å². The second-order valence-electron chi connectivity index (χ2n) is 4.75. The Hall–Kier alpha value is -1.46. The fraction of sp³-hybridized carbons (Fsp3) is 0.462. The molecule has 0 bridgehead atoms. The van der Waals surface area contributed by atoms with Gasteiger partial charge in [-0.3, -0.25) is 4.98 Å². The third-order valence-corrected chi connectivity index (χ3v) is 3.76. The predicted octanol–water partition coefficient (Wildman–Crippen LogP) is 2.80. The quantitative estimate of drug-likeness (QED) is 0.915. The molecule has 2 unspecified atom stereocenters. The molecule has 0 saturated heterocycles. The first-order chi connectivity index (χ1) is 9.25. The van der Waals surface area contributed by atoms with Crippen molar-refractivity contribution in [2.75, 3.05) is 0 Å². The van der Waals surface area contributed by atoms with Crippen LogP contribution in [0.5, 0.6) is 0 Å². The highest BCUT2D eigenvalue weighted by molar-refractivity contribution is 6.32. The summed E-state index contributed by atoms with van der Waals surface area (Å²) in [7, 11) is 0. The number of pyridine rings is 1. The summed E-state index contributed by atoms with van der Waals surface area (Å²) in [5, 5.41) is 14.4. The van der Waals surface area contributed by atoms with Gasteiger partial charge in [0, 0.05) is 6.20 Å². The van der Waals surface area contributed by atoms with E-state index < -0.39 is 6.10 Å². The highest BCUT2D eigenvalue weighted by atomic mass is 35.5. The van der Waals surface area contributed by atoms with E-state index in [1.54, 1.807) is 18.3 Å². The van der Waals surface area contributed by atoms with Gasteiger partial charge >= 0.3 is 0 Å². The molecule has 5 nitrogen and oxygen atoms in total. The number of aromatic nitrogens is 3. The normalized spacial score (nSPS) is 23.5. The lowest BCUT2D eigenvalue weighted by molar-refractivity contribution is 0.0908. The van der Waals surface area contributed by atoms with Crippen LogP contribution in [0.3, 0.4) is 0 Å². The number of halogens is 1. The van der Waals surface area contributed by atoms with Crippen molar-refractivity contribution in [3.63, 3.8) is 0 Å². The Bertz CT molecular complexity index is 573. The first-order valence-electron chi connectivity index (χ1n) is 6.38. The second kappa shape index (κ2) is 5.27. The van der Waals surface area contributed by atoms with Crippen molar-refractivity contribution in [3.05, 3.63) is 29.2 Å². The zero-order valence-corrected chi connectivity index (χ0v) is 11.0. The van der Waals surface area contributed by atoms with E-state index in [1.807, 2.05) is 0 Å². The zero-order valence-electron chi connectivity index (χ0n) is 10.3. The molecular formula is C13H14ClN3O2. The van der Waals surface area contributed by atoms with Gasteiger partial charge in [-0.05, 0) is 25.0 Å². The largest absolute Gasteiger partial charge is 0.392 e. The van der Waals surface area contributed by atoms with E-state index in [4.69, 9.17) is 16.1 Å². The lowest BCUT2D eigenvalue weighted by Gasteiger charge is -2.24. The SMILES string of the molecule is OC1CCCCC1c1nc(-c2ncccc2Cl)no1. The van der Waals surface area contributed by atoms with Crippen molar-refractivity contribution < 1.29 is 9.63 Å². The number of hydrogen-bond donors (Lipinski definition) is 1. The Morgan fingerprint density at radius 1 is 1.32 bits per heavy atom. The minimum atomic E-state index is -0.402. The third kappa shape index (κ3) is 2.48. The molecule has 2 aromatic heterocycles. The summed E-state index contributed by atoms with van der Waals surface area (Å²) >= 11 is 6.05. The lowest BCUT2D eigenvalue weighted by Crippen LogP contribution is -2.22. The predicted molar refractivity (Wildman–Crippen MR) is 69.8 cm³/mol. The van der Waals surface area contributed by atoms with Crippen molar-refractivity contribution in [2.45, 2.75) is 37.7 Å². The van der Waals surface area contributed by atoms with E-state index in [9.17, 15) is 5.11 Å². The molecule has 2 atom stereocenters. The molecule has 1 saturated carbocycles. The third-order valence-electron chi connectivity index (χ3n) is 3.46. The first-order valence-corrected chi connectivity index (χ1v) is 6.76. The number of aliphatic hydroxyl groups excluding tert-OH is 1. The van der Waals surface area contributed by atoms with Gasteiger partial charge in [0.2, 0.25) is 11.7 Å². The fourth-order valence-electron chi connectivity index (χ4n) is 2.43. The van der Waals surface area contributed by atoms with Crippen LogP contribution in [0.15, 0.2) is 22.9 Å². The smallest absolute Gasteiger partial charge is 0.232 e. The van der Waals surface area contributed by atoms with E-state index in [0.29, 0.717) is 22.4 Å². The minimum Gasteiger partial charge on any atom is -0.392 e. The van der Waals surface area contributed by atoms with Crippen LogP contribution in [0.2, 0.25) is 5.02 Å². The van der Waals surface area contributed by atoms with Crippen molar-refractivity contribution >= 4 is 11.6 Å². The average Bonchev–Trinajstić information content (AvgIpc) is 2.89. The minimum absolute atomic E-state index is 0.0718. The topological polar surface area (TPSA) is 72.0 Å². The molecule has 3 rings (SSSR count). The zero-order chi connectivity index (χ0) is 13.2. The van der Waals surface area contributed by atoms with Crippen LogP contribution in [-0.2, 0) is 0 Å². The van der Waals surface area contributed by atoms with Crippen LogP contribution in [-0.4, -0.2) is 26.3 Å². The van der Waals surface area contributed by atoms with Gasteiger partial charge in [-0.1, -0.05) is 29.6 Å². The summed E-state index contributed by atoms with van der Waals surface area (Å²) in [5.74, 6) is 0.778. The fourth-order valence-corrected chi connectivity index (χ4v) is 2.64. The Balaban J connectivity index is 1.89. The van der Waals surface area contributed by atoms with Gasteiger partial charge in [0.15, 0.2) is 0 Å². The molecule has 19 heavy (non-hydrogen) atoms. The van der Waals surface area contributed by atoms with Crippen LogP contribution >= 0.6 is 11.6 Å². The van der Waals surface area contributed by atoms with Crippen molar-refractivity contribution in [2.24, 2.45) is 0 Å². The molecule has 0 aliphatic heterocycles. The molecule has 2 heterocycles. The summed E-state index contributed by atoms with van der Waals surface area (Å²) in [6.45, 7) is 0. The van der Waals surface area contributed by atoms with Gasteiger partial charge in [-0.15, -0.1) is 0 Å². The maximum atomic E-state index is 9.99. The molecule has 100 valence electrons. The van der Waals surface area contributed by atoms with Gasteiger partial charge in [0.1, 0.15) is 5.69 Å². The molecule has 0 aromatic carbocycles. The molecule has 0 amide bonds. The maximum absolute atomic E-state index is 9.99. The van der Waals surface area contributed by atoms with Crippen LogP contribution in [0.1, 0.15) is 37.5 Å². The summed E-state index contributed by atoms with van der Waals surface area (Å²) in [6, 6.07) is 3.48. The lowest BCUT2D eigenvalue weighted by atomic mass is 9.86. The molecule has 6 heteroatoms. The van der Waals surface area contributed by atoms with Gasteiger partial charge in [0.05, 0.1) is 17.0 Å². The van der Waals surface area contributed by atoms with Crippen molar-refractivity contribution in [1.29, 1.82) is 0 Å². The van der Waals surface area contributed by atoms with E-state index in [-0.39, 0.29) is 5.92 Å². The van der Waals surface area contributed by atoms with E-state index in [0.717, 1.165) is 25.7 Å². The highest BCUT2D eigenvalue weighted by Crippen LogP contribution is 2.33. The second-order valence-corrected chi connectivity index (χ2v) is 5.16. The maximum Gasteiger partial charge on any atom is 0.232 e. The molecule has 1 aliphatic rings. The number of aliphatic hydroxyl groups is 1. The van der Waals surface area contributed by atoms with Gasteiger partial charge in [0.25, 0.3) is 0 Å². The molecule has 1 fully saturated rings. The monoisotopic (exact) mass is 279 g/mol. The molecule has 1 N–H and O–H groups in total.